The molecule has 4 rings (SSSR count). The zero-order valence-corrected chi connectivity index (χ0v) is 20.8. The van der Waals surface area contributed by atoms with Crippen LogP contribution < -0.4 is 5.32 Å². The summed E-state index contributed by atoms with van der Waals surface area (Å²) in [7, 11) is 0. The third-order valence-corrected chi connectivity index (χ3v) is 6.65. The Morgan fingerprint density at radius 1 is 1.26 bits per heavy atom. The van der Waals surface area contributed by atoms with Gasteiger partial charge in [-0.3, -0.25) is 9.78 Å². The number of amidine groups is 1. The van der Waals surface area contributed by atoms with Crippen molar-refractivity contribution in [1.29, 1.82) is 0 Å². The summed E-state index contributed by atoms with van der Waals surface area (Å²) >= 11 is 7.55. The number of allylic oxidation sites excluding steroid dienone is 1. The van der Waals surface area contributed by atoms with Crippen LogP contribution >= 0.6 is 23.4 Å². The maximum absolute atomic E-state index is 13.1. The van der Waals surface area contributed by atoms with Crippen molar-refractivity contribution >= 4 is 40.4 Å². The van der Waals surface area contributed by atoms with Gasteiger partial charge in [-0.15, -0.1) is 0 Å². The predicted molar refractivity (Wildman–Crippen MR) is 139 cm³/mol. The molecule has 9 heteroatoms. The second-order valence-electron chi connectivity index (χ2n) is 7.93. The van der Waals surface area contributed by atoms with Crippen LogP contribution in [0, 0.1) is 0 Å². The van der Waals surface area contributed by atoms with Crippen LogP contribution in [0.15, 0.2) is 88.7 Å². The minimum absolute atomic E-state index is 0.0929. The van der Waals surface area contributed by atoms with E-state index in [1.165, 1.54) is 17.8 Å². The molecule has 0 fully saturated rings. The van der Waals surface area contributed by atoms with Crippen molar-refractivity contribution in [2.24, 2.45) is 4.99 Å². The van der Waals surface area contributed by atoms with Crippen LogP contribution in [0.25, 0.3) is 0 Å². The molecule has 0 bridgehead atoms. The van der Waals surface area contributed by atoms with Gasteiger partial charge in [-0.05, 0) is 42.2 Å². The Labute approximate surface area is 213 Å². The van der Waals surface area contributed by atoms with E-state index in [2.05, 4.69) is 21.9 Å². The Hall–Kier alpha value is -3.36. The molecule has 2 aliphatic rings. The largest absolute Gasteiger partial charge is 0.458 e. The van der Waals surface area contributed by atoms with Crippen molar-refractivity contribution in [3.05, 3.63) is 100.0 Å². The second kappa shape index (κ2) is 11.4. The molecule has 0 radical (unpaired) electrons. The lowest BCUT2D eigenvalue weighted by Gasteiger charge is -2.36. The third-order valence-electron chi connectivity index (χ3n) is 5.51. The minimum Gasteiger partial charge on any atom is -0.458 e. The van der Waals surface area contributed by atoms with Crippen LogP contribution in [0.5, 0.6) is 0 Å². The van der Waals surface area contributed by atoms with Crippen LogP contribution in [0.2, 0.25) is 5.02 Å². The first-order valence-corrected chi connectivity index (χ1v) is 12.4. The summed E-state index contributed by atoms with van der Waals surface area (Å²) in [5.74, 6) is -0.591. The van der Waals surface area contributed by atoms with Crippen molar-refractivity contribution in [3.8, 4) is 0 Å². The average Bonchev–Trinajstić information content (AvgIpc) is 3.24. The molecule has 2 aliphatic heterocycles. The Bertz CT molecular complexity index is 1210. The number of thioether (sulfide) groups is 1. The Kier molecular flexibility index (Phi) is 8.05. The number of carbonyl (C=O) groups excluding carboxylic acids is 2. The number of aromatic nitrogens is 1. The molecule has 0 spiro atoms. The lowest BCUT2D eigenvalue weighted by Crippen LogP contribution is -2.38. The highest BCUT2D eigenvalue weighted by Crippen LogP contribution is 2.44. The van der Waals surface area contributed by atoms with Crippen LogP contribution in [0.1, 0.15) is 30.6 Å². The van der Waals surface area contributed by atoms with Crippen molar-refractivity contribution in [2.45, 2.75) is 25.8 Å². The van der Waals surface area contributed by atoms with Crippen LogP contribution in [-0.2, 0) is 20.7 Å². The number of benzene rings is 1. The average molecular weight is 509 g/mol. The van der Waals surface area contributed by atoms with Crippen molar-refractivity contribution in [3.63, 3.8) is 0 Å². The molecule has 1 aromatic heterocycles. The highest BCUT2D eigenvalue weighted by Gasteiger charge is 2.41. The van der Waals surface area contributed by atoms with Gasteiger partial charge in [0, 0.05) is 35.6 Å². The fourth-order valence-electron chi connectivity index (χ4n) is 3.91. The molecule has 0 saturated carbocycles. The van der Waals surface area contributed by atoms with Gasteiger partial charge in [-0.1, -0.05) is 54.2 Å². The molecule has 0 saturated heterocycles. The summed E-state index contributed by atoms with van der Waals surface area (Å²) in [5, 5.41) is 6.17. The predicted octanol–water partition coefficient (Wildman–Crippen LogP) is 4.79. The first kappa shape index (κ1) is 24.8. The van der Waals surface area contributed by atoms with Crippen LogP contribution in [-0.4, -0.2) is 40.1 Å². The number of nitrogens with zero attached hydrogens (tertiary/aromatic N) is 3. The number of aliphatic imine (C=N–C) groups is 1. The highest BCUT2D eigenvalue weighted by molar-refractivity contribution is 8.16. The molecule has 0 aliphatic carbocycles. The van der Waals surface area contributed by atoms with E-state index in [9.17, 15) is 9.59 Å². The number of fused-ring (bicyclic) bond motifs is 1. The van der Waals surface area contributed by atoms with Crippen LogP contribution in [0.3, 0.4) is 0 Å². The first-order valence-electron chi connectivity index (χ1n) is 11.1. The third kappa shape index (κ3) is 5.83. The van der Waals surface area contributed by atoms with E-state index in [1.54, 1.807) is 25.3 Å². The van der Waals surface area contributed by atoms with E-state index in [-0.39, 0.29) is 18.9 Å². The van der Waals surface area contributed by atoms with Gasteiger partial charge < -0.3 is 15.0 Å². The number of halogens is 1. The number of rotatable bonds is 9. The normalized spacial score (nSPS) is 16.9. The lowest BCUT2D eigenvalue weighted by atomic mass is 9.94. The van der Waals surface area contributed by atoms with Crippen molar-refractivity contribution in [1.82, 2.24) is 15.2 Å². The molecule has 1 N–H and O–H groups in total. The van der Waals surface area contributed by atoms with E-state index < -0.39 is 12.0 Å². The first-order chi connectivity index (χ1) is 17.0. The summed E-state index contributed by atoms with van der Waals surface area (Å²) in [4.78, 5) is 36.7. The van der Waals surface area contributed by atoms with Gasteiger partial charge in [0.15, 0.2) is 5.17 Å². The molecule has 1 aromatic carbocycles. The molecule has 1 unspecified atom stereocenters. The summed E-state index contributed by atoms with van der Waals surface area (Å²) < 4.78 is 5.39. The van der Waals surface area contributed by atoms with Crippen LogP contribution in [0.4, 0.5) is 0 Å². The quantitative estimate of drug-likeness (QED) is 0.387. The monoisotopic (exact) mass is 508 g/mol. The molecular formula is C26H25ClN4O3S. The molecule has 1 atom stereocenters. The highest BCUT2D eigenvalue weighted by atomic mass is 35.5. The smallest absolute Gasteiger partial charge is 0.338 e. The fourth-order valence-corrected chi connectivity index (χ4v) is 5.00. The fraction of sp³-hybridized carbons (Fsp3) is 0.231. The Morgan fingerprint density at radius 2 is 2.06 bits per heavy atom. The lowest BCUT2D eigenvalue weighted by molar-refractivity contribution is -0.138. The van der Waals surface area contributed by atoms with E-state index >= 15 is 0 Å². The number of amides is 1. The molecule has 7 nitrogen and oxygen atoms in total. The Morgan fingerprint density at radius 3 is 2.77 bits per heavy atom. The topological polar surface area (TPSA) is 83.9 Å². The zero-order valence-electron chi connectivity index (χ0n) is 19.2. The summed E-state index contributed by atoms with van der Waals surface area (Å²) in [5.41, 5.74) is 3.51. The number of esters is 1. The van der Waals surface area contributed by atoms with E-state index in [0.717, 1.165) is 17.0 Å². The van der Waals surface area contributed by atoms with E-state index in [4.69, 9.17) is 16.3 Å². The van der Waals surface area contributed by atoms with Gasteiger partial charge in [0.1, 0.15) is 6.61 Å². The molecule has 180 valence electrons. The summed E-state index contributed by atoms with van der Waals surface area (Å²) in [6.07, 6.45) is 4.05. The number of hydrogen-bond donors (Lipinski definition) is 1. The maximum atomic E-state index is 13.1. The number of hydrogen-bond acceptors (Lipinski definition) is 7. The van der Waals surface area contributed by atoms with Crippen molar-refractivity contribution < 1.29 is 14.3 Å². The number of ether oxygens (including phenoxy) is 1. The van der Waals surface area contributed by atoms with E-state index in [1.807, 2.05) is 40.6 Å². The molecule has 2 aromatic rings. The number of nitrogens with one attached hydrogen (secondary N) is 1. The maximum Gasteiger partial charge on any atom is 0.338 e. The molecule has 35 heavy (non-hydrogen) atoms. The second-order valence-corrected chi connectivity index (χ2v) is 9.20. The van der Waals surface area contributed by atoms with Gasteiger partial charge in [0.25, 0.3) is 0 Å². The van der Waals surface area contributed by atoms with Crippen molar-refractivity contribution in [2.75, 3.05) is 13.2 Å². The van der Waals surface area contributed by atoms with Gasteiger partial charge in [-0.25, -0.2) is 9.79 Å². The standard InChI is InChI=1S/C26H25ClN4O3S/c1-3-14-34-25(33)23-17(2)30-26-31(24(23)18-7-9-19(27)10-8-18)21(16-35-26)15-22(32)29-13-11-20-6-4-5-12-28-20/h3-10,12,16,24H,1,11,13-15H2,2H3,(H,29,32). The SMILES string of the molecule is C=CCOC(=O)C1=C(C)N=C2SC=C(CC(=O)NCCc3ccccn3)N2C1c1ccc(Cl)cc1. The molecule has 3 heterocycles. The molecular weight excluding hydrogens is 484 g/mol. The van der Waals surface area contributed by atoms with Gasteiger partial charge in [0.2, 0.25) is 5.91 Å². The summed E-state index contributed by atoms with van der Waals surface area (Å²) in [6, 6.07) is 12.5. The number of carbonyl (C=O) groups is 2. The van der Waals surface area contributed by atoms with Gasteiger partial charge in [0.05, 0.1) is 23.7 Å². The summed E-state index contributed by atoms with van der Waals surface area (Å²) in [6.45, 7) is 5.99. The van der Waals surface area contributed by atoms with Gasteiger partial charge in [-0.2, -0.15) is 0 Å². The zero-order chi connectivity index (χ0) is 24.8. The van der Waals surface area contributed by atoms with E-state index in [0.29, 0.717) is 34.4 Å². The minimum atomic E-state index is -0.500. The van der Waals surface area contributed by atoms with Gasteiger partial charge >= 0.3 is 5.97 Å². The number of pyridine rings is 1. The molecule has 1 amide bonds. The Balaban J connectivity index is 1.55.